The molecule has 0 N–H and O–H groups in total. The Balaban J connectivity index is 2.13. The summed E-state index contributed by atoms with van der Waals surface area (Å²) in [6.07, 6.45) is 0. The second-order valence-corrected chi connectivity index (χ2v) is 4.48. The van der Waals surface area contributed by atoms with E-state index in [0.29, 0.717) is 10.9 Å². The van der Waals surface area contributed by atoms with Crippen LogP contribution >= 0.6 is 11.6 Å². The van der Waals surface area contributed by atoms with Crippen molar-refractivity contribution in [3.05, 3.63) is 63.9 Å². The van der Waals surface area contributed by atoms with Gasteiger partial charge in [0.25, 0.3) is 0 Å². The number of para-hydroxylation sites is 3. The van der Waals surface area contributed by atoms with Crippen molar-refractivity contribution in [2.24, 2.45) is 0 Å². The van der Waals surface area contributed by atoms with Gasteiger partial charge in [0.2, 0.25) is 16.9 Å². The summed E-state index contributed by atoms with van der Waals surface area (Å²) in [6, 6.07) is 13.2. The minimum absolute atomic E-state index is 0.0160. The molecule has 2 aromatic carbocycles. The average Bonchev–Trinajstić information content (AvgIpc) is 2.47. The third-order valence-corrected chi connectivity index (χ3v) is 2.98. The Morgan fingerprint density at radius 1 is 1.05 bits per heavy atom. The molecule has 0 saturated carbocycles. The van der Waals surface area contributed by atoms with E-state index in [4.69, 9.17) is 16.3 Å². The first kappa shape index (κ1) is 13.3. The van der Waals surface area contributed by atoms with Crippen molar-refractivity contribution in [2.75, 3.05) is 0 Å². The molecule has 1 heterocycles. The van der Waals surface area contributed by atoms with E-state index in [1.165, 1.54) is 12.1 Å². The first-order valence-corrected chi connectivity index (χ1v) is 6.36. The monoisotopic (exact) mass is 301 g/mol. The summed E-state index contributed by atoms with van der Waals surface area (Å²) in [5.41, 5.74) is 0.461. The summed E-state index contributed by atoms with van der Waals surface area (Å²) in [6.45, 7) is 0. The van der Waals surface area contributed by atoms with Crippen molar-refractivity contribution >= 4 is 28.2 Å². The van der Waals surface area contributed by atoms with Crippen molar-refractivity contribution in [1.82, 2.24) is 9.97 Å². The molecule has 1 aromatic heterocycles. The zero-order valence-corrected chi connectivity index (χ0v) is 11.3. The van der Waals surface area contributed by atoms with Crippen LogP contribution in [0.15, 0.2) is 48.5 Å². The third-order valence-electron chi connectivity index (χ3n) is 2.81. The summed E-state index contributed by atoms with van der Waals surface area (Å²) in [4.78, 5) is 18.6. The Labute approximate surface area is 124 Å². The van der Waals surface area contributed by atoms with Crippen LogP contribution < -0.4 is 4.74 Å². The number of nitrogens with zero attached hydrogens (tertiary/aromatic N) is 3. The van der Waals surface area contributed by atoms with Gasteiger partial charge < -0.3 is 4.74 Å². The lowest BCUT2D eigenvalue weighted by atomic mass is 10.2. The summed E-state index contributed by atoms with van der Waals surface area (Å²) in [5, 5.41) is 11.7. The average molecular weight is 302 g/mol. The molecule has 0 aliphatic rings. The molecule has 0 unspecified atom stereocenters. The van der Waals surface area contributed by atoms with Crippen molar-refractivity contribution in [1.29, 1.82) is 0 Å². The van der Waals surface area contributed by atoms with Gasteiger partial charge in [0, 0.05) is 6.07 Å². The van der Waals surface area contributed by atoms with Crippen molar-refractivity contribution < 1.29 is 9.66 Å². The molecule has 7 heteroatoms. The molecular weight excluding hydrogens is 294 g/mol. The summed E-state index contributed by atoms with van der Waals surface area (Å²) in [7, 11) is 0. The normalized spacial score (nSPS) is 10.5. The van der Waals surface area contributed by atoms with Gasteiger partial charge in [-0.2, -0.15) is 4.98 Å². The van der Waals surface area contributed by atoms with Gasteiger partial charge in [-0.1, -0.05) is 24.3 Å². The lowest BCUT2D eigenvalue weighted by molar-refractivity contribution is -0.385. The second kappa shape index (κ2) is 5.34. The highest BCUT2D eigenvalue weighted by Gasteiger charge is 2.17. The van der Waals surface area contributed by atoms with Crippen LogP contribution in [-0.2, 0) is 0 Å². The second-order valence-electron chi connectivity index (χ2n) is 4.14. The maximum Gasteiger partial charge on any atom is 0.311 e. The molecule has 3 rings (SSSR count). The van der Waals surface area contributed by atoms with Crippen LogP contribution in [0.1, 0.15) is 0 Å². The summed E-state index contributed by atoms with van der Waals surface area (Å²) < 4.78 is 5.59. The minimum Gasteiger partial charge on any atom is -0.431 e. The molecule has 104 valence electrons. The van der Waals surface area contributed by atoms with Crippen molar-refractivity contribution in [2.45, 2.75) is 0 Å². The van der Waals surface area contributed by atoms with Crippen LogP contribution in [0.2, 0.25) is 5.28 Å². The number of benzene rings is 2. The molecule has 0 saturated heterocycles. The van der Waals surface area contributed by atoms with Crippen LogP contribution in [0, 0.1) is 10.1 Å². The van der Waals surface area contributed by atoms with Gasteiger partial charge in [-0.3, -0.25) is 10.1 Å². The Bertz CT molecular complexity index is 839. The van der Waals surface area contributed by atoms with Gasteiger partial charge in [-0.25, -0.2) is 4.98 Å². The number of aromatic nitrogens is 2. The van der Waals surface area contributed by atoms with E-state index in [1.54, 1.807) is 36.4 Å². The van der Waals surface area contributed by atoms with E-state index in [1.807, 2.05) is 0 Å². The van der Waals surface area contributed by atoms with Crippen molar-refractivity contribution in [3.63, 3.8) is 0 Å². The molecule has 0 aliphatic heterocycles. The summed E-state index contributed by atoms with van der Waals surface area (Å²) >= 11 is 5.86. The van der Waals surface area contributed by atoms with Crippen LogP contribution in [0.5, 0.6) is 11.6 Å². The number of hydrogen-bond acceptors (Lipinski definition) is 5. The lowest BCUT2D eigenvalue weighted by Gasteiger charge is -2.08. The molecule has 0 aliphatic carbocycles. The molecule has 3 aromatic rings. The molecular formula is C14H8ClN3O3. The minimum atomic E-state index is -0.514. The number of rotatable bonds is 3. The third kappa shape index (κ3) is 2.61. The van der Waals surface area contributed by atoms with Crippen LogP contribution in [0.3, 0.4) is 0 Å². The number of fused-ring (bicyclic) bond motifs is 1. The summed E-state index contributed by atoms with van der Waals surface area (Å²) in [5.74, 6) is 0.280. The molecule has 21 heavy (non-hydrogen) atoms. The highest BCUT2D eigenvalue weighted by molar-refractivity contribution is 6.28. The molecule has 0 bridgehead atoms. The van der Waals surface area contributed by atoms with Gasteiger partial charge in [-0.05, 0) is 29.8 Å². The van der Waals surface area contributed by atoms with Gasteiger partial charge in [-0.15, -0.1) is 0 Å². The Morgan fingerprint density at radius 2 is 1.76 bits per heavy atom. The Morgan fingerprint density at radius 3 is 2.57 bits per heavy atom. The molecule has 6 nitrogen and oxygen atoms in total. The van der Waals surface area contributed by atoms with E-state index >= 15 is 0 Å². The molecule has 0 amide bonds. The topological polar surface area (TPSA) is 78.2 Å². The predicted molar refractivity (Wildman–Crippen MR) is 77.7 cm³/mol. The standard InChI is InChI=1S/C14H8ClN3O3/c15-14-16-10-6-2-1-5-9(10)13(17-14)21-12-8-4-3-7-11(12)18(19)20/h1-8H. The first-order valence-electron chi connectivity index (χ1n) is 5.99. The molecule has 0 spiro atoms. The fourth-order valence-corrected chi connectivity index (χ4v) is 2.06. The van der Waals surface area contributed by atoms with E-state index in [9.17, 15) is 10.1 Å². The fraction of sp³-hybridized carbons (Fsp3) is 0. The largest absolute Gasteiger partial charge is 0.431 e. The van der Waals surface area contributed by atoms with Gasteiger partial charge in [0.1, 0.15) is 0 Å². The van der Waals surface area contributed by atoms with E-state index in [0.717, 1.165) is 0 Å². The number of nitro groups is 1. The highest BCUT2D eigenvalue weighted by Crippen LogP contribution is 2.33. The molecule has 0 fully saturated rings. The quantitative estimate of drug-likeness (QED) is 0.415. The van der Waals surface area contributed by atoms with Crippen LogP contribution in [0.4, 0.5) is 5.69 Å². The first-order chi connectivity index (χ1) is 10.1. The van der Waals surface area contributed by atoms with Gasteiger partial charge in [0.15, 0.2) is 0 Å². The van der Waals surface area contributed by atoms with Crippen LogP contribution in [-0.4, -0.2) is 14.9 Å². The highest BCUT2D eigenvalue weighted by atomic mass is 35.5. The molecule has 0 atom stereocenters. The predicted octanol–water partition coefficient (Wildman–Crippen LogP) is 3.98. The number of nitro benzene ring substituents is 1. The van der Waals surface area contributed by atoms with Gasteiger partial charge >= 0.3 is 5.69 Å². The molecule has 0 radical (unpaired) electrons. The lowest BCUT2D eigenvalue weighted by Crippen LogP contribution is -1.96. The van der Waals surface area contributed by atoms with E-state index in [-0.39, 0.29) is 22.6 Å². The Kier molecular flexibility index (Phi) is 3.37. The fourth-order valence-electron chi connectivity index (χ4n) is 1.90. The maximum atomic E-state index is 11.0. The van der Waals surface area contributed by atoms with Crippen molar-refractivity contribution in [3.8, 4) is 11.6 Å². The zero-order chi connectivity index (χ0) is 14.8. The van der Waals surface area contributed by atoms with Gasteiger partial charge in [0.05, 0.1) is 15.8 Å². The SMILES string of the molecule is O=[N+]([O-])c1ccccc1Oc1nc(Cl)nc2ccccc12. The zero-order valence-electron chi connectivity index (χ0n) is 10.6. The Hall–Kier alpha value is -2.73. The van der Waals surface area contributed by atoms with E-state index in [2.05, 4.69) is 9.97 Å². The van der Waals surface area contributed by atoms with E-state index < -0.39 is 4.92 Å². The van der Waals surface area contributed by atoms with Crippen LogP contribution in [0.25, 0.3) is 10.9 Å². The number of halogens is 1. The smallest absolute Gasteiger partial charge is 0.311 e. The number of ether oxygens (including phenoxy) is 1. The maximum absolute atomic E-state index is 11.0. The number of hydrogen-bond donors (Lipinski definition) is 0.